The summed E-state index contributed by atoms with van der Waals surface area (Å²) in [6.45, 7) is 9.44. The maximum absolute atomic E-state index is 12.9. The summed E-state index contributed by atoms with van der Waals surface area (Å²) in [6.07, 6.45) is 7.40. The van der Waals surface area contributed by atoms with Crippen LogP contribution in [0.25, 0.3) is 5.69 Å². The summed E-state index contributed by atoms with van der Waals surface area (Å²) < 4.78 is 1.47. The maximum Gasteiger partial charge on any atom is 0.354 e. The van der Waals surface area contributed by atoms with E-state index in [9.17, 15) is 14.4 Å². The molecule has 236 valence electrons. The molecule has 2 aliphatic heterocycles. The molecule has 3 fully saturated rings. The van der Waals surface area contributed by atoms with Crippen molar-refractivity contribution in [2.75, 3.05) is 44.6 Å². The first-order chi connectivity index (χ1) is 20.0. The van der Waals surface area contributed by atoms with Crippen molar-refractivity contribution >= 4 is 30.2 Å². The molecule has 4 unspecified atom stereocenters. The van der Waals surface area contributed by atoms with Crippen LogP contribution in [0.5, 0.6) is 0 Å². The molecule has 1 aromatic heterocycles. The number of nitrogens with zero attached hydrogens (tertiary/aromatic N) is 5. The number of amides is 3. The van der Waals surface area contributed by atoms with Crippen molar-refractivity contribution in [3.63, 3.8) is 0 Å². The molecular formula is C31H47ClN8O3. The standard InChI is InChI=1S/C31H46N8O3.ClH/c1-4-23(38-19-22-6-5-7-26(32)25(22)20-38)18-21-8-10-24(11-9-21)39-13-12-27(35-30(39)42)34-29(41)37-16-14-36(15-17-37)28(40)31(2,3)33;/h8-13,22-23,25-26H,4-7,14-20,32-33H2,1-3H3,(H,34,35,41,42);1H. The predicted octanol–water partition coefficient (Wildman–Crippen LogP) is 2.45. The number of benzene rings is 1. The number of hydrogen-bond acceptors (Lipinski definition) is 7. The zero-order valence-electron chi connectivity index (χ0n) is 25.6. The number of aromatic nitrogens is 2. The lowest BCUT2D eigenvalue weighted by atomic mass is 9.78. The fraction of sp³-hybridized carbons (Fsp3) is 0.613. The molecular weight excluding hydrogens is 568 g/mol. The normalized spacial score (nSPS) is 23.3. The Labute approximate surface area is 260 Å². The van der Waals surface area contributed by atoms with Crippen molar-refractivity contribution < 1.29 is 9.59 Å². The number of likely N-dealkylation sites (tertiary alicyclic amines) is 1. The number of urea groups is 1. The molecule has 2 aromatic rings. The van der Waals surface area contributed by atoms with E-state index in [1.165, 1.54) is 23.0 Å². The van der Waals surface area contributed by atoms with Crippen LogP contribution in [-0.4, -0.2) is 93.1 Å². The van der Waals surface area contributed by atoms with Crippen LogP contribution in [-0.2, 0) is 11.2 Å². The second kappa shape index (κ2) is 13.8. The van der Waals surface area contributed by atoms with Gasteiger partial charge in [-0.1, -0.05) is 25.5 Å². The van der Waals surface area contributed by atoms with Crippen molar-refractivity contribution in [3.05, 3.63) is 52.6 Å². The summed E-state index contributed by atoms with van der Waals surface area (Å²) in [5.74, 6) is 1.42. The molecule has 1 aliphatic carbocycles. The molecule has 4 atom stereocenters. The van der Waals surface area contributed by atoms with E-state index in [-0.39, 0.29) is 30.2 Å². The van der Waals surface area contributed by atoms with Gasteiger partial charge in [0, 0.05) is 57.5 Å². The molecule has 43 heavy (non-hydrogen) atoms. The molecule has 5 N–H and O–H groups in total. The van der Waals surface area contributed by atoms with Gasteiger partial charge in [0.15, 0.2) is 0 Å². The number of halogens is 1. The number of nitrogens with one attached hydrogen (secondary N) is 1. The Kier molecular flexibility index (Phi) is 10.5. The number of fused-ring (bicyclic) bond motifs is 1. The minimum Gasteiger partial charge on any atom is -0.338 e. The average Bonchev–Trinajstić information content (AvgIpc) is 3.41. The zero-order chi connectivity index (χ0) is 30.0. The Morgan fingerprint density at radius 1 is 1.05 bits per heavy atom. The van der Waals surface area contributed by atoms with Gasteiger partial charge in [-0.25, -0.2) is 9.59 Å². The van der Waals surface area contributed by atoms with Crippen LogP contribution in [0.15, 0.2) is 41.3 Å². The van der Waals surface area contributed by atoms with Crippen LogP contribution >= 0.6 is 12.4 Å². The first-order valence-corrected chi connectivity index (χ1v) is 15.4. The van der Waals surface area contributed by atoms with E-state index in [0.29, 0.717) is 44.2 Å². The van der Waals surface area contributed by atoms with Gasteiger partial charge in [0.1, 0.15) is 5.82 Å². The molecule has 3 amide bonds. The number of nitrogens with two attached hydrogens (primary N) is 2. The summed E-state index contributed by atoms with van der Waals surface area (Å²) >= 11 is 0. The van der Waals surface area contributed by atoms with E-state index in [0.717, 1.165) is 44.0 Å². The Hall–Kier alpha value is -2.99. The van der Waals surface area contributed by atoms with E-state index in [2.05, 4.69) is 34.3 Å². The lowest BCUT2D eigenvalue weighted by Crippen LogP contribution is -2.58. The first-order valence-electron chi connectivity index (χ1n) is 15.4. The molecule has 5 rings (SSSR count). The number of anilines is 1. The highest BCUT2D eigenvalue weighted by atomic mass is 35.5. The molecule has 1 aromatic carbocycles. The van der Waals surface area contributed by atoms with Gasteiger partial charge in [0.25, 0.3) is 0 Å². The minimum absolute atomic E-state index is 0. The Bertz CT molecular complexity index is 1320. The van der Waals surface area contributed by atoms with Gasteiger partial charge in [0.2, 0.25) is 5.91 Å². The molecule has 11 nitrogen and oxygen atoms in total. The monoisotopic (exact) mass is 614 g/mol. The lowest BCUT2D eigenvalue weighted by Gasteiger charge is -2.37. The summed E-state index contributed by atoms with van der Waals surface area (Å²) in [7, 11) is 0. The van der Waals surface area contributed by atoms with Crippen molar-refractivity contribution in [1.29, 1.82) is 0 Å². The number of hydrogen-bond donors (Lipinski definition) is 3. The quantitative estimate of drug-likeness (QED) is 0.435. The summed E-state index contributed by atoms with van der Waals surface area (Å²) in [5.41, 5.74) is 12.9. The van der Waals surface area contributed by atoms with Crippen LogP contribution in [0.3, 0.4) is 0 Å². The molecule has 1 saturated carbocycles. The summed E-state index contributed by atoms with van der Waals surface area (Å²) in [4.78, 5) is 48.0. The van der Waals surface area contributed by atoms with Crippen LogP contribution < -0.4 is 22.5 Å². The number of carbonyl (C=O) groups excluding carboxylic acids is 2. The van der Waals surface area contributed by atoms with E-state index >= 15 is 0 Å². The highest BCUT2D eigenvalue weighted by Crippen LogP contribution is 2.37. The lowest BCUT2D eigenvalue weighted by molar-refractivity contribution is -0.137. The van der Waals surface area contributed by atoms with Crippen molar-refractivity contribution in [2.45, 2.75) is 70.5 Å². The molecule has 12 heteroatoms. The molecule has 2 saturated heterocycles. The fourth-order valence-corrected chi connectivity index (χ4v) is 6.82. The van der Waals surface area contributed by atoms with Gasteiger partial charge in [-0.2, -0.15) is 4.98 Å². The van der Waals surface area contributed by atoms with Gasteiger partial charge < -0.3 is 21.3 Å². The van der Waals surface area contributed by atoms with E-state index < -0.39 is 11.2 Å². The second-order valence-corrected chi connectivity index (χ2v) is 12.8. The Balaban J connectivity index is 0.00000423. The number of carbonyl (C=O) groups is 2. The van der Waals surface area contributed by atoms with E-state index in [1.807, 2.05) is 12.1 Å². The van der Waals surface area contributed by atoms with Crippen LogP contribution in [0.1, 0.15) is 52.0 Å². The van der Waals surface area contributed by atoms with E-state index in [4.69, 9.17) is 11.5 Å². The van der Waals surface area contributed by atoms with Gasteiger partial charge in [0.05, 0.1) is 11.2 Å². The molecule has 0 radical (unpaired) electrons. The SMILES string of the molecule is CCC(Cc1ccc(-n2ccc(NC(=O)N3CCN(C(=O)C(C)(C)N)CC3)nc2=O)cc1)N1CC2CCCC(N)C2C1.Cl. The van der Waals surface area contributed by atoms with E-state index in [1.54, 1.807) is 35.9 Å². The zero-order valence-corrected chi connectivity index (χ0v) is 26.4. The summed E-state index contributed by atoms with van der Waals surface area (Å²) in [5, 5.41) is 2.71. The maximum atomic E-state index is 12.9. The van der Waals surface area contributed by atoms with Gasteiger partial charge in [-0.05, 0) is 75.1 Å². The van der Waals surface area contributed by atoms with Gasteiger partial charge in [-0.15, -0.1) is 12.4 Å². The topological polar surface area (TPSA) is 143 Å². The highest BCUT2D eigenvalue weighted by molar-refractivity contribution is 5.89. The predicted molar refractivity (Wildman–Crippen MR) is 171 cm³/mol. The molecule has 3 aliphatic rings. The number of piperazine rings is 1. The third-order valence-electron chi connectivity index (χ3n) is 9.30. The third kappa shape index (κ3) is 7.57. The number of rotatable bonds is 7. The van der Waals surface area contributed by atoms with Crippen molar-refractivity contribution in [2.24, 2.45) is 23.3 Å². The summed E-state index contributed by atoms with van der Waals surface area (Å²) in [6, 6.07) is 10.2. The molecule has 3 heterocycles. The smallest absolute Gasteiger partial charge is 0.338 e. The van der Waals surface area contributed by atoms with Gasteiger partial charge in [-0.3, -0.25) is 19.6 Å². The highest BCUT2D eigenvalue weighted by Gasteiger charge is 2.40. The average molecular weight is 615 g/mol. The van der Waals surface area contributed by atoms with Crippen molar-refractivity contribution in [3.8, 4) is 5.69 Å². The second-order valence-electron chi connectivity index (χ2n) is 12.8. The Morgan fingerprint density at radius 2 is 1.72 bits per heavy atom. The Morgan fingerprint density at radius 3 is 2.33 bits per heavy atom. The van der Waals surface area contributed by atoms with Gasteiger partial charge >= 0.3 is 11.7 Å². The molecule has 0 bridgehead atoms. The third-order valence-corrected chi connectivity index (χ3v) is 9.30. The van der Waals surface area contributed by atoms with Crippen LogP contribution in [0.4, 0.5) is 10.6 Å². The van der Waals surface area contributed by atoms with Crippen LogP contribution in [0.2, 0.25) is 0 Å². The minimum atomic E-state index is -0.946. The van der Waals surface area contributed by atoms with Crippen molar-refractivity contribution in [1.82, 2.24) is 24.3 Å². The molecule has 0 spiro atoms. The largest absolute Gasteiger partial charge is 0.354 e. The van der Waals surface area contributed by atoms with Crippen LogP contribution in [0, 0.1) is 11.8 Å². The fourth-order valence-electron chi connectivity index (χ4n) is 6.82. The first kappa shape index (κ1) is 32.9.